The summed E-state index contributed by atoms with van der Waals surface area (Å²) in [5.74, 6) is 0.693. The van der Waals surface area contributed by atoms with Gasteiger partial charge in [-0.15, -0.1) is 0 Å². The summed E-state index contributed by atoms with van der Waals surface area (Å²) in [6.07, 6.45) is 0. The van der Waals surface area contributed by atoms with Gasteiger partial charge in [0.25, 0.3) is 0 Å². The van der Waals surface area contributed by atoms with E-state index >= 15 is 0 Å². The van der Waals surface area contributed by atoms with Gasteiger partial charge in [-0.25, -0.2) is 9.78 Å². The first-order chi connectivity index (χ1) is 13.6. The van der Waals surface area contributed by atoms with E-state index in [0.29, 0.717) is 27.8 Å². The first kappa shape index (κ1) is 18.0. The molecule has 1 aromatic heterocycles. The van der Waals surface area contributed by atoms with Crippen molar-refractivity contribution in [2.24, 2.45) is 0 Å². The summed E-state index contributed by atoms with van der Waals surface area (Å²) < 4.78 is 10.7. The lowest BCUT2D eigenvalue weighted by molar-refractivity contribution is 0.0736. The van der Waals surface area contributed by atoms with Crippen LogP contribution >= 0.6 is 11.6 Å². The van der Waals surface area contributed by atoms with Gasteiger partial charge in [0, 0.05) is 16.0 Å². The van der Waals surface area contributed by atoms with Gasteiger partial charge in [0.15, 0.2) is 0 Å². The first-order valence-electron chi connectivity index (χ1n) is 8.66. The summed E-state index contributed by atoms with van der Waals surface area (Å²) in [7, 11) is 1.59. The Morgan fingerprint density at radius 1 is 0.893 bits per heavy atom. The van der Waals surface area contributed by atoms with Crippen LogP contribution in [-0.4, -0.2) is 18.1 Å². The fourth-order valence-corrected chi connectivity index (χ4v) is 3.04. The lowest BCUT2D eigenvalue weighted by Crippen LogP contribution is -2.10. The molecule has 0 N–H and O–H groups in total. The van der Waals surface area contributed by atoms with Crippen molar-refractivity contribution in [3.8, 4) is 22.8 Å². The molecule has 0 aliphatic rings. The third-order valence-electron chi connectivity index (χ3n) is 4.35. The third-order valence-corrected chi connectivity index (χ3v) is 4.60. The Balaban J connectivity index is 1.75. The van der Waals surface area contributed by atoms with E-state index in [1.807, 2.05) is 36.4 Å². The van der Waals surface area contributed by atoms with E-state index in [2.05, 4.69) is 4.98 Å². The molecule has 4 rings (SSSR count). The second kappa shape index (κ2) is 7.71. The van der Waals surface area contributed by atoms with Crippen LogP contribution in [-0.2, 0) is 0 Å². The van der Waals surface area contributed by atoms with Crippen molar-refractivity contribution >= 4 is 28.5 Å². The fraction of sp³-hybridized carbons (Fsp3) is 0.0435. The van der Waals surface area contributed by atoms with Gasteiger partial charge in [0.2, 0.25) is 0 Å². The predicted molar refractivity (Wildman–Crippen MR) is 110 cm³/mol. The number of halogens is 1. The summed E-state index contributed by atoms with van der Waals surface area (Å²) in [5.41, 5.74) is 2.72. The number of aromatic nitrogens is 1. The van der Waals surface area contributed by atoms with Crippen molar-refractivity contribution in [1.82, 2.24) is 4.98 Å². The molecule has 0 unspecified atom stereocenters. The Kier molecular flexibility index (Phi) is 4.96. The van der Waals surface area contributed by atoms with Crippen molar-refractivity contribution in [1.29, 1.82) is 0 Å². The summed E-state index contributed by atoms with van der Waals surface area (Å²) in [4.78, 5) is 17.6. The molecule has 1 heterocycles. The molecule has 0 fully saturated rings. The lowest BCUT2D eigenvalue weighted by Gasteiger charge is -2.10. The number of carbonyl (C=O) groups is 1. The summed E-state index contributed by atoms with van der Waals surface area (Å²) in [5, 5.41) is 1.38. The highest BCUT2D eigenvalue weighted by atomic mass is 35.5. The molecule has 138 valence electrons. The number of fused-ring (bicyclic) bond motifs is 1. The molecule has 0 aliphatic carbocycles. The standard InChI is InChI=1S/C23H16ClNO3/c1-27-17-10-12-18(13-11-17)28-23(26)20-14-22(15-6-8-16(24)9-7-15)25-21-5-3-2-4-19(20)21/h2-14H,1H3. The van der Waals surface area contributed by atoms with Gasteiger partial charge in [-0.2, -0.15) is 0 Å². The van der Waals surface area contributed by atoms with Gasteiger partial charge in [-0.05, 0) is 48.5 Å². The van der Waals surface area contributed by atoms with Gasteiger partial charge in [-0.1, -0.05) is 41.9 Å². The number of benzene rings is 3. The highest BCUT2D eigenvalue weighted by molar-refractivity contribution is 6.30. The maximum absolute atomic E-state index is 12.9. The number of pyridine rings is 1. The van der Waals surface area contributed by atoms with Crippen molar-refractivity contribution in [2.75, 3.05) is 7.11 Å². The predicted octanol–water partition coefficient (Wildman–Crippen LogP) is 5.78. The van der Waals surface area contributed by atoms with E-state index in [4.69, 9.17) is 21.1 Å². The molecule has 0 saturated carbocycles. The molecule has 4 aromatic rings. The van der Waals surface area contributed by atoms with E-state index in [-0.39, 0.29) is 0 Å². The second-order valence-corrected chi connectivity index (χ2v) is 6.58. The monoisotopic (exact) mass is 389 g/mol. The van der Waals surface area contributed by atoms with Gasteiger partial charge < -0.3 is 9.47 Å². The SMILES string of the molecule is COc1ccc(OC(=O)c2cc(-c3ccc(Cl)cc3)nc3ccccc23)cc1. The van der Waals surface area contributed by atoms with Crippen LogP contribution in [0.25, 0.3) is 22.2 Å². The molecule has 3 aromatic carbocycles. The Morgan fingerprint density at radius 3 is 2.29 bits per heavy atom. The fourth-order valence-electron chi connectivity index (χ4n) is 2.92. The normalized spacial score (nSPS) is 10.6. The average molecular weight is 390 g/mol. The van der Waals surface area contributed by atoms with Crippen LogP contribution < -0.4 is 9.47 Å². The molecule has 28 heavy (non-hydrogen) atoms. The van der Waals surface area contributed by atoms with Gasteiger partial charge in [0.1, 0.15) is 11.5 Å². The molecule has 5 heteroatoms. The molecule has 0 bridgehead atoms. The van der Waals surface area contributed by atoms with E-state index < -0.39 is 5.97 Å². The van der Waals surface area contributed by atoms with E-state index in [1.54, 1.807) is 49.6 Å². The number of carbonyl (C=O) groups excluding carboxylic acids is 1. The van der Waals surface area contributed by atoms with Crippen LogP contribution in [0.2, 0.25) is 5.02 Å². The Labute approximate surface area is 167 Å². The molecule has 0 aliphatic heterocycles. The Bertz CT molecular complexity index is 1140. The van der Waals surface area contributed by atoms with Gasteiger partial charge in [-0.3, -0.25) is 0 Å². The molecule has 4 nitrogen and oxygen atoms in total. The number of esters is 1. The molecule has 0 spiro atoms. The number of rotatable bonds is 4. The Hall–Kier alpha value is -3.37. The zero-order chi connectivity index (χ0) is 19.5. The molecule has 0 saturated heterocycles. The lowest BCUT2D eigenvalue weighted by atomic mass is 10.0. The van der Waals surface area contributed by atoms with Crippen molar-refractivity contribution < 1.29 is 14.3 Å². The van der Waals surface area contributed by atoms with Crippen molar-refractivity contribution in [3.63, 3.8) is 0 Å². The summed E-state index contributed by atoms with van der Waals surface area (Å²) >= 11 is 5.98. The van der Waals surface area contributed by atoms with E-state index in [1.165, 1.54) is 0 Å². The number of para-hydroxylation sites is 1. The topological polar surface area (TPSA) is 48.4 Å². The number of methoxy groups -OCH3 is 1. The first-order valence-corrected chi connectivity index (χ1v) is 9.04. The minimum atomic E-state index is -0.445. The number of hydrogen-bond acceptors (Lipinski definition) is 4. The number of nitrogens with zero attached hydrogens (tertiary/aromatic N) is 1. The molecule has 0 atom stereocenters. The van der Waals surface area contributed by atoms with E-state index in [9.17, 15) is 4.79 Å². The van der Waals surface area contributed by atoms with Crippen LogP contribution in [0.5, 0.6) is 11.5 Å². The van der Waals surface area contributed by atoms with Crippen LogP contribution in [0.1, 0.15) is 10.4 Å². The minimum Gasteiger partial charge on any atom is -0.497 e. The molecular weight excluding hydrogens is 374 g/mol. The smallest absolute Gasteiger partial charge is 0.344 e. The van der Waals surface area contributed by atoms with Gasteiger partial charge in [0.05, 0.1) is 23.9 Å². The van der Waals surface area contributed by atoms with E-state index in [0.717, 1.165) is 16.5 Å². The Morgan fingerprint density at radius 2 is 1.57 bits per heavy atom. The largest absolute Gasteiger partial charge is 0.497 e. The molecule has 0 radical (unpaired) electrons. The van der Waals surface area contributed by atoms with Gasteiger partial charge >= 0.3 is 5.97 Å². The van der Waals surface area contributed by atoms with Crippen LogP contribution in [0.3, 0.4) is 0 Å². The second-order valence-electron chi connectivity index (χ2n) is 6.14. The zero-order valence-electron chi connectivity index (χ0n) is 15.1. The minimum absolute atomic E-state index is 0.444. The van der Waals surface area contributed by atoms with Crippen molar-refractivity contribution in [2.45, 2.75) is 0 Å². The number of ether oxygens (including phenoxy) is 2. The summed E-state index contributed by atoms with van der Waals surface area (Å²) in [6.45, 7) is 0. The zero-order valence-corrected chi connectivity index (χ0v) is 15.8. The maximum Gasteiger partial charge on any atom is 0.344 e. The third kappa shape index (κ3) is 3.68. The quantitative estimate of drug-likeness (QED) is 0.328. The highest BCUT2D eigenvalue weighted by Gasteiger charge is 2.16. The van der Waals surface area contributed by atoms with Crippen LogP contribution in [0, 0.1) is 0 Å². The molecular formula is C23H16ClNO3. The number of hydrogen-bond donors (Lipinski definition) is 0. The van der Waals surface area contributed by atoms with Crippen molar-refractivity contribution in [3.05, 3.63) is 89.4 Å². The summed E-state index contributed by atoms with van der Waals surface area (Å²) in [6, 6.07) is 23.5. The molecule has 0 amide bonds. The maximum atomic E-state index is 12.9. The van der Waals surface area contributed by atoms with Crippen LogP contribution in [0.15, 0.2) is 78.9 Å². The average Bonchev–Trinajstić information content (AvgIpc) is 2.74. The highest BCUT2D eigenvalue weighted by Crippen LogP contribution is 2.27. The van der Waals surface area contributed by atoms with Crippen LogP contribution in [0.4, 0.5) is 0 Å².